The third kappa shape index (κ3) is 4.79. The molecule has 0 atom stereocenters. The normalized spacial score (nSPS) is 10.9. The van der Waals surface area contributed by atoms with Crippen molar-refractivity contribution in [3.8, 4) is 5.69 Å². The maximum atomic E-state index is 12.5. The average molecular weight is 466 g/mol. The van der Waals surface area contributed by atoms with E-state index in [9.17, 15) is 9.59 Å². The number of aromatic amines is 1. The highest BCUT2D eigenvalue weighted by atomic mass is 16.2. The quantitative estimate of drug-likeness (QED) is 0.342. The van der Waals surface area contributed by atoms with Crippen LogP contribution in [0, 0.1) is 0 Å². The molecule has 0 aliphatic rings. The van der Waals surface area contributed by atoms with Gasteiger partial charge in [-0.3, -0.25) is 19.3 Å². The molecular weight excluding hydrogens is 442 g/mol. The molecule has 2 amide bonds. The van der Waals surface area contributed by atoms with Gasteiger partial charge in [-0.2, -0.15) is 0 Å². The van der Waals surface area contributed by atoms with Crippen LogP contribution in [0.3, 0.4) is 0 Å². The van der Waals surface area contributed by atoms with Crippen molar-refractivity contribution in [3.63, 3.8) is 0 Å². The van der Waals surface area contributed by atoms with E-state index in [-0.39, 0.29) is 17.6 Å². The van der Waals surface area contributed by atoms with E-state index in [4.69, 9.17) is 0 Å². The molecule has 3 N–H and O–H groups in total. The van der Waals surface area contributed by atoms with Crippen LogP contribution in [0.15, 0.2) is 79.1 Å². The van der Waals surface area contributed by atoms with Gasteiger partial charge < -0.3 is 10.6 Å². The first-order chi connectivity index (χ1) is 17.1. The summed E-state index contributed by atoms with van der Waals surface area (Å²) in [6.45, 7) is 0.349. The van der Waals surface area contributed by atoms with E-state index in [0.29, 0.717) is 24.4 Å². The minimum Gasteiger partial charge on any atom is -0.355 e. The van der Waals surface area contributed by atoms with Gasteiger partial charge in [0.25, 0.3) is 11.8 Å². The van der Waals surface area contributed by atoms with Gasteiger partial charge in [-0.15, -0.1) is 5.10 Å². The topological polar surface area (TPSA) is 118 Å². The van der Waals surface area contributed by atoms with Crippen molar-refractivity contribution in [2.45, 2.75) is 13.0 Å². The summed E-state index contributed by atoms with van der Waals surface area (Å²) < 4.78 is 1.95. The van der Waals surface area contributed by atoms with Gasteiger partial charge in [0.15, 0.2) is 0 Å². The smallest absolute Gasteiger partial charge is 0.291 e. The fourth-order valence-corrected chi connectivity index (χ4v) is 3.80. The number of carbonyl (C=O) groups is 2. The molecule has 2 heterocycles. The fraction of sp³-hybridized carbons (Fsp3) is 0.115. The molecule has 0 radical (unpaired) electrons. The molecule has 0 saturated carbocycles. The van der Waals surface area contributed by atoms with Crippen LogP contribution < -0.4 is 10.6 Å². The number of fused-ring (bicyclic) bond motifs is 1. The molecule has 9 heteroatoms. The van der Waals surface area contributed by atoms with Crippen LogP contribution >= 0.6 is 0 Å². The predicted octanol–water partition coefficient (Wildman–Crippen LogP) is 3.02. The first kappa shape index (κ1) is 22.0. The molecule has 0 unspecified atom stereocenters. The second kappa shape index (κ2) is 9.60. The van der Waals surface area contributed by atoms with Crippen LogP contribution in [0.4, 0.5) is 0 Å². The number of H-pyrrole nitrogens is 1. The highest BCUT2D eigenvalue weighted by Crippen LogP contribution is 2.20. The van der Waals surface area contributed by atoms with Gasteiger partial charge in [-0.05, 0) is 41.5 Å². The van der Waals surface area contributed by atoms with Crippen molar-refractivity contribution in [1.29, 1.82) is 0 Å². The van der Waals surface area contributed by atoms with Crippen LogP contribution in [0.2, 0.25) is 0 Å². The maximum Gasteiger partial charge on any atom is 0.291 e. The van der Waals surface area contributed by atoms with Crippen molar-refractivity contribution in [1.82, 2.24) is 35.4 Å². The third-order valence-electron chi connectivity index (χ3n) is 5.65. The summed E-state index contributed by atoms with van der Waals surface area (Å²) in [5.74, 6) is 0.275. The second-order valence-electron chi connectivity index (χ2n) is 8.01. The van der Waals surface area contributed by atoms with Crippen molar-refractivity contribution >= 4 is 22.8 Å². The Morgan fingerprint density at radius 2 is 1.74 bits per heavy atom. The van der Waals surface area contributed by atoms with Gasteiger partial charge in [0.05, 0.1) is 11.0 Å². The Kier molecular flexibility index (Phi) is 6.04. The molecule has 0 spiro atoms. The van der Waals surface area contributed by atoms with Crippen LogP contribution in [0.1, 0.15) is 37.9 Å². The molecule has 174 valence electrons. The first-order valence-corrected chi connectivity index (χ1v) is 11.1. The zero-order valence-corrected chi connectivity index (χ0v) is 19.0. The van der Waals surface area contributed by atoms with E-state index in [0.717, 1.165) is 27.8 Å². The molecule has 5 rings (SSSR count). The van der Waals surface area contributed by atoms with Crippen molar-refractivity contribution in [2.24, 2.45) is 0 Å². The van der Waals surface area contributed by atoms with E-state index < -0.39 is 0 Å². The van der Waals surface area contributed by atoms with E-state index in [2.05, 4.69) is 30.8 Å². The zero-order chi connectivity index (χ0) is 24.2. The lowest BCUT2D eigenvalue weighted by molar-refractivity contribution is 0.0938. The SMILES string of the molecule is CNC(=O)c1ccc2c(c1)ncn2-c1ccc(CNC(=O)c2n[nH]c(Cc3ccccc3)n2)cc1. The van der Waals surface area contributed by atoms with Crippen LogP contribution in [0.25, 0.3) is 16.7 Å². The predicted molar refractivity (Wildman–Crippen MR) is 131 cm³/mol. The number of hydrogen-bond donors (Lipinski definition) is 3. The second-order valence-corrected chi connectivity index (χ2v) is 8.01. The molecule has 2 aromatic heterocycles. The van der Waals surface area contributed by atoms with E-state index in [1.54, 1.807) is 25.5 Å². The van der Waals surface area contributed by atoms with E-state index in [1.807, 2.05) is 65.2 Å². The summed E-state index contributed by atoms with van der Waals surface area (Å²) in [5, 5.41) is 12.3. The zero-order valence-electron chi connectivity index (χ0n) is 19.0. The molecule has 0 aliphatic carbocycles. The monoisotopic (exact) mass is 465 g/mol. The molecule has 0 aliphatic heterocycles. The summed E-state index contributed by atoms with van der Waals surface area (Å²) in [6, 6.07) is 23.1. The lowest BCUT2D eigenvalue weighted by atomic mass is 10.1. The lowest BCUT2D eigenvalue weighted by Crippen LogP contribution is -2.24. The summed E-state index contributed by atoms with van der Waals surface area (Å²) in [6.07, 6.45) is 2.31. The van der Waals surface area contributed by atoms with Crippen molar-refractivity contribution < 1.29 is 9.59 Å². The summed E-state index contributed by atoms with van der Waals surface area (Å²) in [5.41, 5.74) is 5.15. The molecule has 0 fully saturated rings. The Bertz CT molecular complexity index is 1490. The molecular formula is C26H23N7O2. The minimum atomic E-state index is -0.336. The molecule has 0 bridgehead atoms. The molecule has 0 saturated heterocycles. The number of amides is 2. The Balaban J connectivity index is 1.22. The van der Waals surface area contributed by atoms with Gasteiger partial charge in [0.1, 0.15) is 12.2 Å². The van der Waals surface area contributed by atoms with Crippen molar-refractivity contribution in [3.05, 3.63) is 107 Å². The number of hydrogen-bond acceptors (Lipinski definition) is 5. The van der Waals surface area contributed by atoms with Crippen molar-refractivity contribution in [2.75, 3.05) is 7.05 Å². The number of rotatable bonds is 7. The fourth-order valence-electron chi connectivity index (χ4n) is 3.80. The Labute approximate surface area is 201 Å². The molecule has 9 nitrogen and oxygen atoms in total. The number of aromatic nitrogens is 5. The van der Waals surface area contributed by atoms with Gasteiger partial charge in [-0.1, -0.05) is 42.5 Å². The Hall–Kier alpha value is -4.79. The van der Waals surface area contributed by atoms with Crippen LogP contribution in [-0.2, 0) is 13.0 Å². The summed E-state index contributed by atoms with van der Waals surface area (Å²) >= 11 is 0. The lowest BCUT2D eigenvalue weighted by Gasteiger charge is -2.07. The molecule has 35 heavy (non-hydrogen) atoms. The number of carbonyl (C=O) groups excluding carboxylic acids is 2. The largest absolute Gasteiger partial charge is 0.355 e. The van der Waals surface area contributed by atoms with Crippen LogP contribution in [-0.4, -0.2) is 43.6 Å². The van der Waals surface area contributed by atoms with Gasteiger partial charge in [-0.25, -0.2) is 9.97 Å². The van der Waals surface area contributed by atoms with Crippen LogP contribution in [0.5, 0.6) is 0 Å². The summed E-state index contributed by atoms with van der Waals surface area (Å²) in [4.78, 5) is 33.1. The van der Waals surface area contributed by atoms with Gasteiger partial charge in [0.2, 0.25) is 5.82 Å². The van der Waals surface area contributed by atoms with Gasteiger partial charge in [0, 0.05) is 31.3 Å². The van der Waals surface area contributed by atoms with E-state index in [1.165, 1.54) is 0 Å². The summed E-state index contributed by atoms with van der Waals surface area (Å²) in [7, 11) is 1.60. The third-order valence-corrected chi connectivity index (χ3v) is 5.65. The number of benzene rings is 3. The maximum absolute atomic E-state index is 12.5. The Morgan fingerprint density at radius 3 is 2.51 bits per heavy atom. The first-order valence-electron chi connectivity index (χ1n) is 11.1. The number of imidazole rings is 1. The highest BCUT2D eigenvalue weighted by molar-refractivity contribution is 5.97. The van der Waals surface area contributed by atoms with Gasteiger partial charge >= 0.3 is 0 Å². The average Bonchev–Trinajstić information content (AvgIpc) is 3.54. The minimum absolute atomic E-state index is 0.119. The number of nitrogens with zero attached hydrogens (tertiary/aromatic N) is 4. The highest BCUT2D eigenvalue weighted by Gasteiger charge is 2.13. The molecule has 3 aromatic carbocycles. The number of nitrogens with one attached hydrogen (secondary N) is 3. The Morgan fingerprint density at radius 1 is 0.943 bits per heavy atom. The molecule has 5 aromatic rings. The standard InChI is InChI=1S/C26H23N7O2/c1-27-25(34)19-9-12-22-21(14-19)29-16-33(22)20-10-7-18(8-11-20)15-28-26(35)24-30-23(31-32-24)13-17-5-3-2-4-6-17/h2-12,14,16H,13,15H2,1H3,(H,27,34)(H,28,35)(H,30,31,32). The van der Waals surface area contributed by atoms with E-state index >= 15 is 0 Å².